The molecule has 0 aliphatic rings. The van der Waals surface area contributed by atoms with Crippen LogP contribution in [0.5, 0.6) is 5.75 Å². The monoisotopic (exact) mass is 293 g/mol. The smallest absolute Gasteiger partial charge is 0.119 e. The molecule has 0 bridgehead atoms. The molecule has 1 aromatic rings. The Morgan fingerprint density at radius 2 is 1.71 bits per heavy atom. The van der Waals surface area contributed by atoms with Crippen molar-refractivity contribution in [3.05, 3.63) is 29.8 Å². The van der Waals surface area contributed by atoms with Crippen molar-refractivity contribution >= 4 is 0 Å². The van der Waals surface area contributed by atoms with Gasteiger partial charge in [-0.3, -0.25) is 0 Å². The number of nitrogens with two attached hydrogens (primary N) is 1. The number of rotatable bonds is 9. The minimum Gasteiger partial charge on any atom is -0.494 e. The fourth-order valence-corrected chi connectivity index (χ4v) is 2.11. The molecular weight excluding hydrogens is 262 g/mol. The summed E-state index contributed by atoms with van der Waals surface area (Å²) in [6.07, 6.45) is 3.86. The summed E-state index contributed by atoms with van der Waals surface area (Å²) in [5.74, 6) is 0.920. The van der Waals surface area contributed by atoms with Gasteiger partial charge in [0.15, 0.2) is 0 Å². The molecule has 0 heterocycles. The largest absolute Gasteiger partial charge is 0.494 e. The molecule has 0 saturated heterocycles. The number of hydrogen-bond donors (Lipinski definition) is 2. The van der Waals surface area contributed by atoms with Crippen LogP contribution in [0.15, 0.2) is 24.3 Å². The topological polar surface area (TPSA) is 55.5 Å². The molecule has 0 aliphatic heterocycles. The Hall–Kier alpha value is -1.06. The third kappa shape index (κ3) is 6.06. The van der Waals surface area contributed by atoms with Crippen LogP contribution < -0.4 is 10.5 Å². The normalized spacial score (nSPS) is 14.8. The quantitative estimate of drug-likeness (QED) is 0.684. The summed E-state index contributed by atoms with van der Waals surface area (Å²) in [7, 11) is 0. The number of benzene rings is 1. The molecule has 0 amide bonds. The summed E-state index contributed by atoms with van der Waals surface area (Å²) >= 11 is 0. The van der Waals surface area contributed by atoms with Crippen LogP contribution in [-0.4, -0.2) is 23.9 Å². The summed E-state index contributed by atoms with van der Waals surface area (Å²) < 4.78 is 5.75. The van der Waals surface area contributed by atoms with E-state index in [0.717, 1.165) is 31.4 Å². The van der Waals surface area contributed by atoms with E-state index < -0.39 is 5.54 Å². The second-order valence-electron chi connectivity index (χ2n) is 6.88. The molecule has 0 aliphatic carbocycles. The predicted octanol–water partition coefficient (Wildman–Crippen LogP) is 3.63. The van der Waals surface area contributed by atoms with Gasteiger partial charge in [-0.05, 0) is 55.7 Å². The Morgan fingerprint density at radius 3 is 2.24 bits per heavy atom. The molecule has 21 heavy (non-hydrogen) atoms. The molecule has 0 aromatic heterocycles. The highest BCUT2D eigenvalue weighted by atomic mass is 16.5. The van der Waals surface area contributed by atoms with Crippen molar-refractivity contribution in [1.29, 1.82) is 0 Å². The van der Waals surface area contributed by atoms with Crippen molar-refractivity contribution in [3.8, 4) is 5.75 Å². The zero-order chi connectivity index (χ0) is 15.9. The van der Waals surface area contributed by atoms with Crippen LogP contribution in [0.1, 0.15) is 58.9 Å². The van der Waals surface area contributed by atoms with E-state index in [1.807, 2.05) is 19.1 Å². The Bertz CT molecular complexity index is 410. The van der Waals surface area contributed by atoms with Crippen molar-refractivity contribution in [2.24, 2.45) is 5.73 Å². The molecule has 0 spiro atoms. The van der Waals surface area contributed by atoms with Crippen molar-refractivity contribution in [2.75, 3.05) is 13.2 Å². The van der Waals surface area contributed by atoms with Crippen LogP contribution in [0.25, 0.3) is 0 Å². The van der Waals surface area contributed by atoms with Gasteiger partial charge in [-0.25, -0.2) is 0 Å². The van der Waals surface area contributed by atoms with Gasteiger partial charge in [-0.15, -0.1) is 0 Å². The van der Waals surface area contributed by atoms with Gasteiger partial charge in [0.2, 0.25) is 0 Å². The molecular formula is C18H31NO2. The van der Waals surface area contributed by atoms with E-state index in [-0.39, 0.29) is 12.0 Å². The van der Waals surface area contributed by atoms with E-state index in [0.29, 0.717) is 6.61 Å². The standard InChI is InChI=1S/C18H31NO2/c1-5-17(2,3)15-8-10-16(11-9-15)21-13-7-6-12-18(4,19)14-20/h8-11,20H,5-7,12-14,19H2,1-4H3. The maximum absolute atomic E-state index is 9.08. The Kier molecular flexibility index (Phi) is 6.69. The molecule has 3 N–H and O–H groups in total. The van der Waals surface area contributed by atoms with E-state index in [9.17, 15) is 0 Å². The highest BCUT2D eigenvalue weighted by Crippen LogP contribution is 2.28. The van der Waals surface area contributed by atoms with Crippen LogP contribution in [0.3, 0.4) is 0 Å². The summed E-state index contributed by atoms with van der Waals surface area (Å²) in [5, 5.41) is 9.08. The van der Waals surface area contributed by atoms with Gasteiger partial charge in [0, 0.05) is 5.54 Å². The third-order valence-electron chi connectivity index (χ3n) is 4.29. The lowest BCUT2D eigenvalue weighted by atomic mass is 9.82. The number of ether oxygens (including phenoxy) is 1. The maximum atomic E-state index is 9.08. The molecule has 120 valence electrons. The lowest BCUT2D eigenvalue weighted by Crippen LogP contribution is -2.39. The Morgan fingerprint density at radius 1 is 1.10 bits per heavy atom. The van der Waals surface area contributed by atoms with Gasteiger partial charge < -0.3 is 15.6 Å². The van der Waals surface area contributed by atoms with Gasteiger partial charge in [-0.1, -0.05) is 32.9 Å². The first-order valence-electron chi connectivity index (χ1n) is 7.94. The average Bonchev–Trinajstić information content (AvgIpc) is 2.47. The summed E-state index contributed by atoms with van der Waals surface area (Å²) in [4.78, 5) is 0. The van der Waals surface area contributed by atoms with Crippen LogP contribution in [0.2, 0.25) is 0 Å². The molecule has 0 fully saturated rings. The van der Waals surface area contributed by atoms with Gasteiger partial charge in [0.1, 0.15) is 5.75 Å². The van der Waals surface area contributed by atoms with E-state index in [2.05, 4.69) is 32.9 Å². The van der Waals surface area contributed by atoms with E-state index in [4.69, 9.17) is 15.6 Å². The molecule has 3 heteroatoms. The summed E-state index contributed by atoms with van der Waals surface area (Å²) in [6.45, 7) is 9.33. The van der Waals surface area contributed by atoms with E-state index >= 15 is 0 Å². The van der Waals surface area contributed by atoms with Crippen molar-refractivity contribution in [1.82, 2.24) is 0 Å². The molecule has 0 radical (unpaired) electrons. The molecule has 3 nitrogen and oxygen atoms in total. The van der Waals surface area contributed by atoms with Gasteiger partial charge in [0.05, 0.1) is 13.2 Å². The lowest BCUT2D eigenvalue weighted by Gasteiger charge is -2.23. The van der Waals surface area contributed by atoms with Crippen LogP contribution in [-0.2, 0) is 5.41 Å². The summed E-state index contributed by atoms with van der Waals surface area (Å²) in [6, 6.07) is 8.41. The van der Waals surface area contributed by atoms with Gasteiger partial charge in [0.25, 0.3) is 0 Å². The second-order valence-corrected chi connectivity index (χ2v) is 6.88. The number of hydrogen-bond acceptors (Lipinski definition) is 3. The maximum Gasteiger partial charge on any atom is 0.119 e. The highest BCUT2D eigenvalue weighted by Gasteiger charge is 2.17. The van der Waals surface area contributed by atoms with Crippen molar-refractivity contribution < 1.29 is 9.84 Å². The number of unbranched alkanes of at least 4 members (excludes halogenated alkanes) is 1. The zero-order valence-corrected chi connectivity index (χ0v) is 14.0. The Balaban J connectivity index is 2.34. The van der Waals surface area contributed by atoms with Crippen LogP contribution >= 0.6 is 0 Å². The zero-order valence-electron chi connectivity index (χ0n) is 14.0. The van der Waals surface area contributed by atoms with Crippen molar-refractivity contribution in [3.63, 3.8) is 0 Å². The average molecular weight is 293 g/mol. The molecule has 1 rings (SSSR count). The van der Waals surface area contributed by atoms with E-state index in [1.165, 1.54) is 5.56 Å². The van der Waals surface area contributed by atoms with Crippen LogP contribution in [0, 0.1) is 0 Å². The molecule has 1 atom stereocenters. The highest BCUT2D eigenvalue weighted by molar-refractivity contribution is 5.31. The minimum atomic E-state index is -0.465. The van der Waals surface area contributed by atoms with Crippen LogP contribution in [0.4, 0.5) is 0 Å². The fraction of sp³-hybridized carbons (Fsp3) is 0.667. The van der Waals surface area contributed by atoms with Gasteiger partial charge in [-0.2, -0.15) is 0 Å². The number of aliphatic hydroxyl groups is 1. The molecule has 0 saturated carbocycles. The van der Waals surface area contributed by atoms with E-state index in [1.54, 1.807) is 0 Å². The second kappa shape index (κ2) is 7.81. The fourth-order valence-electron chi connectivity index (χ4n) is 2.11. The molecule has 1 unspecified atom stereocenters. The number of aliphatic hydroxyl groups excluding tert-OH is 1. The lowest BCUT2D eigenvalue weighted by molar-refractivity contribution is 0.194. The predicted molar refractivity (Wildman–Crippen MR) is 88.8 cm³/mol. The van der Waals surface area contributed by atoms with Crippen molar-refractivity contribution in [2.45, 2.75) is 64.3 Å². The molecule has 1 aromatic carbocycles. The first-order valence-corrected chi connectivity index (χ1v) is 7.94. The van der Waals surface area contributed by atoms with Gasteiger partial charge >= 0.3 is 0 Å². The first kappa shape index (κ1) is 18.0. The SMILES string of the molecule is CCC(C)(C)c1ccc(OCCCCC(C)(N)CO)cc1. The Labute approximate surface area is 129 Å². The first-order chi connectivity index (χ1) is 9.80. The summed E-state index contributed by atoms with van der Waals surface area (Å²) in [5.41, 5.74) is 6.99. The minimum absolute atomic E-state index is 0.0303. The third-order valence-corrected chi connectivity index (χ3v) is 4.29.